The average Bonchev–Trinajstić information content (AvgIpc) is 3.15. The number of ether oxygens (including phenoxy) is 1. The summed E-state index contributed by atoms with van der Waals surface area (Å²) in [5.74, 6) is 2.30. The van der Waals surface area contributed by atoms with Gasteiger partial charge in [0.15, 0.2) is 5.82 Å². The number of hydrogen-bond donors (Lipinski definition) is 1. The summed E-state index contributed by atoms with van der Waals surface area (Å²) >= 11 is 0. The Morgan fingerprint density at radius 2 is 2.26 bits per heavy atom. The Bertz CT molecular complexity index is 576. The molecule has 0 aliphatic heterocycles. The molecular weight excluding hydrogens is 242 g/mol. The summed E-state index contributed by atoms with van der Waals surface area (Å²) in [5, 5.41) is 11.9. The number of rotatable bonds is 5. The Morgan fingerprint density at radius 3 is 3.00 bits per heavy atom. The van der Waals surface area contributed by atoms with Crippen LogP contribution < -0.4 is 10.5 Å². The smallest absolute Gasteiger partial charge is 0.184 e. The minimum absolute atomic E-state index is 0.656. The zero-order valence-electron chi connectivity index (χ0n) is 10.9. The van der Waals surface area contributed by atoms with Gasteiger partial charge in [-0.05, 0) is 41.0 Å². The number of anilines is 1. The number of benzene rings is 1. The van der Waals surface area contributed by atoms with Gasteiger partial charge in [0, 0.05) is 17.8 Å². The van der Waals surface area contributed by atoms with E-state index in [0.29, 0.717) is 11.5 Å². The van der Waals surface area contributed by atoms with Crippen LogP contribution in [-0.4, -0.2) is 27.3 Å². The third-order valence-electron chi connectivity index (χ3n) is 3.48. The minimum Gasteiger partial charge on any atom is -0.497 e. The predicted molar refractivity (Wildman–Crippen MR) is 71.6 cm³/mol. The molecule has 6 nitrogen and oxygen atoms in total. The molecule has 100 valence electrons. The minimum atomic E-state index is 0.656. The van der Waals surface area contributed by atoms with Gasteiger partial charge < -0.3 is 10.5 Å². The number of aromatic nitrogens is 4. The number of nitrogens with zero attached hydrogens (tertiary/aromatic N) is 4. The summed E-state index contributed by atoms with van der Waals surface area (Å²) in [6, 6.07) is 5.51. The van der Waals surface area contributed by atoms with E-state index in [9.17, 15) is 0 Å². The molecule has 1 aromatic carbocycles. The molecule has 1 aliphatic rings. The van der Waals surface area contributed by atoms with Crippen molar-refractivity contribution >= 4 is 5.69 Å². The van der Waals surface area contributed by atoms with Gasteiger partial charge in [-0.2, -0.15) is 0 Å². The molecule has 6 heteroatoms. The highest BCUT2D eigenvalue weighted by Crippen LogP contribution is 2.33. The van der Waals surface area contributed by atoms with Crippen LogP contribution in [-0.2, 0) is 6.54 Å². The lowest BCUT2D eigenvalue weighted by atomic mass is 10.1. The van der Waals surface area contributed by atoms with Crippen LogP contribution in [0.1, 0.15) is 19.3 Å². The third kappa shape index (κ3) is 2.52. The number of hydrogen-bond acceptors (Lipinski definition) is 5. The third-order valence-corrected chi connectivity index (χ3v) is 3.48. The highest BCUT2D eigenvalue weighted by atomic mass is 16.5. The Morgan fingerprint density at radius 1 is 1.42 bits per heavy atom. The molecule has 2 aromatic rings. The second-order valence-corrected chi connectivity index (χ2v) is 4.91. The van der Waals surface area contributed by atoms with Crippen molar-refractivity contribution < 1.29 is 4.74 Å². The zero-order chi connectivity index (χ0) is 13.2. The van der Waals surface area contributed by atoms with Crippen LogP contribution in [0.15, 0.2) is 18.2 Å². The van der Waals surface area contributed by atoms with Crippen molar-refractivity contribution in [3.05, 3.63) is 18.2 Å². The molecule has 1 heterocycles. The van der Waals surface area contributed by atoms with Gasteiger partial charge in [0.1, 0.15) is 5.75 Å². The van der Waals surface area contributed by atoms with Gasteiger partial charge >= 0.3 is 0 Å². The molecule has 19 heavy (non-hydrogen) atoms. The number of nitrogen functional groups attached to an aromatic ring is 1. The SMILES string of the molecule is COc1ccc(N)c(-c2nnnn2CCC2CC2)c1. The van der Waals surface area contributed by atoms with E-state index in [1.54, 1.807) is 7.11 Å². The second-order valence-electron chi connectivity index (χ2n) is 4.91. The molecule has 1 fully saturated rings. The lowest BCUT2D eigenvalue weighted by Crippen LogP contribution is -2.05. The van der Waals surface area contributed by atoms with Crippen LogP contribution >= 0.6 is 0 Å². The van der Waals surface area contributed by atoms with Gasteiger partial charge in [0.05, 0.1) is 7.11 Å². The molecule has 1 saturated carbocycles. The van der Waals surface area contributed by atoms with Crippen LogP contribution in [0.25, 0.3) is 11.4 Å². The van der Waals surface area contributed by atoms with E-state index in [0.717, 1.165) is 30.2 Å². The lowest BCUT2D eigenvalue weighted by Gasteiger charge is -2.08. The Balaban J connectivity index is 1.89. The highest BCUT2D eigenvalue weighted by Gasteiger charge is 2.22. The average molecular weight is 259 g/mol. The summed E-state index contributed by atoms with van der Waals surface area (Å²) < 4.78 is 7.05. The monoisotopic (exact) mass is 259 g/mol. The largest absolute Gasteiger partial charge is 0.497 e. The van der Waals surface area contributed by atoms with Gasteiger partial charge in [0.25, 0.3) is 0 Å². The Labute approximate surface area is 111 Å². The Kier molecular flexibility index (Phi) is 3.06. The van der Waals surface area contributed by atoms with Crippen LogP contribution in [0.3, 0.4) is 0 Å². The van der Waals surface area contributed by atoms with E-state index >= 15 is 0 Å². The predicted octanol–water partition coefficient (Wildman–Crippen LogP) is 1.73. The summed E-state index contributed by atoms with van der Waals surface area (Å²) in [7, 11) is 1.63. The maximum Gasteiger partial charge on any atom is 0.184 e. The van der Waals surface area contributed by atoms with E-state index in [4.69, 9.17) is 10.5 Å². The maximum atomic E-state index is 6.01. The van der Waals surface area contributed by atoms with Crippen LogP contribution in [0.2, 0.25) is 0 Å². The first-order chi connectivity index (χ1) is 9.28. The van der Waals surface area contributed by atoms with Crippen molar-refractivity contribution in [2.24, 2.45) is 5.92 Å². The summed E-state index contributed by atoms with van der Waals surface area (Å²) in [5.41, 5.74) is 7.48. The molecule has 0 bridgehead atoms. The van der Waals surface area contributed by atoms with E-state index in [1.807, 2.05) is 22.9 Å². The number of methoxy groups -OCH3 is 1. The molecule has 0 radical (unpaired) electrons. The number of nitrogens with two attached hydrogens (primary N) is 1. The number of tetrazole rings is 1. The Hall–Kier alpha value is -2.11. The van der Waals surface area contributed by atoms with Crippen molar-refractivity contribution in [1.29, 1.82) is 0 Å². The number of aryl methyl sites for hydroxylation is 1. The first-order valence-corrected chi connectivity index (χ1v) is 6.48. The standard InChI is InChI=1S/C13H17N5O/c1-19-10-4-5-12(14)11(8-10)13-15-16-17-18(13)7-6-9-2-3-9/h4-5,8-9H,2-3,6-7,14H2,1H3. The van der Waals surface area contributed by atoms with E-state index < -0.39 is 0 Å². The van der Waals surface area contributed by atoms with Crippen LogP contribution in [0.4, 0.5) is 5.69 Å². The highest BCUT2D eigenvalue weighted by molar-refractivity contribution is 5.72. The van der Waals surface area contributed by atoms with Crippen LogP contribution in [0.5, 0.6) is 5.75 Å². The van der Waals surface area contributed by atoms with E-state index in [1.165, 1.54) is 12.8 Å². The van der Waals surface area contributed by atoms with Gasteiger partial charge in [-0.1, -0.05) is 12.8 Å². The lowest BCUT2D eigenvalue weighted by molar-refractivity contribution is 0.415. The fourth-order valence-corrected chi connectivity index (χ4v) is 2.12. The quantitative estimate of drug-likeness (QED) is 0.827. The normalized spacial score (nSPS) is 14.6. The molecule has 1 aliphatic carbocycles. The van der Waals surface area contributed by atoms with Gasteiger partial charge in [-0.3, -0.25) is 0 Å². The van der Waals surface area contributed by atoms with Gasteiger partial charge in [-0.15, -0.1) is 5.10 Å². The van der Waals surface area contributed by atoms with Gasteiger partial charge in [0.2, 0.25) is 0 Å². The first kappa shape index (κ1) is 12.0. The topological polar surface area (TPSA) is 78.8 Å². The molecule has 3 rings (SSSR count). The molecule has 2 N–H and O–H groups in total. The first-order valence-electron chi connectivity index (χ1n) is 6.48. The molecule has 0 amide bonds. The molecule has 0 atom stereocenters. The molecule has 0 saturated heterocycles. The summed E-state index contributed by atoms with van der Waals surface area (Å²) in [4.78, 5) is 0. The second kappa shape index (κ2) is 4.87. The zero-order valence-corrected chi connectivity index (χ0v) is 10.9. The van der Waals surface area contributed by atoms with Crippen molar-refractivity contribution in [3.8, 4) is 17.1 Å². The molecule has 0 unspecified atom stereocenters. The van der Waals surface area contributed by atoms with Crippen molar-refractivity contribution in [1.82, 2.24) is 20.2 Å². The molecular formula is C13H17N5O. The summed E-state index contributed by atoms with van der Waals surface area (Å²) in [6.07, 6.45) is 3.79. The van der Waals surface area contributed by atoms with Crippen molar-refractivity contribution in [2.45, 2.75) is 25.8 Å². The fourth-order valence-electron chi connectivity index (χ4n) is 2.12. The fraction of sp³-hybridized carbons (Fsp3) is 0.462. The van der Waals surface area contributed by atoms with Crippen molar-refractivity contribution in [3.63, 3.8) is 0 Å². The van der Waals surface area contributed by atoms with Gasteiger partial charge in [-0.25, -0.2) is 4.68 Å². The maximum absolute atomic E-state index is 6.01. The molecule has 0 spiro atoms. The van der Waals surface area contributed by atoms with Crippen LogP contribution in [0, 0.1) is 5.92 Å². The summed E-state index contributed by atoms with van der Waals surface area (Å²) in [6.45, 7) is 0.837. The van der Waals surface area contributed by atoms with E-state index in [2.05, 4.69) is 15.5 Å². The van der Waals surface area contributed by atoms with Crippen molar-refractivity contribution in [2.75, 3.05) is 12.8 Å². The van der Waals surface area contributed by atoms with E-state index in [-0.39, 0.29) is 0 Å². The molecule has 1 aromatic heterocycles.